The lowest BCUT2D eigenvalue weighted by atomic mass is 9.91. The lowest BCUT2D eigenvalue weighted by molar-refractivity contribution is 0.639. The maximum Gasteiger partial charge on any atom is 0.158 e. The zero-order chi connectivity index (χ0) is 14.5. The van der Waals surface area contributed by atoms with Gasteiger partial charge in [-0.1, -0.05) is 94.6 Å². The molecule has 0 fully saturated rings. The van der Waals surface area contributed by atoms with Crippen LogP contribution in [0.5, 0.6) is 0 Å². The Morgan fingerprint density at radius 2 is 1.85 bits per heavy atom. The molecule has 2 rings (SSSR count). The molecule has 1 aromatic carbocycles. The van der Waals surface area contributed by atoms with Crippen LogP contribution in [0, 0.1) is 11.8 Å². The van der Waals surface area contributed by atoms with E-state index in [1.807, 2.05) is 42.5 Å². The van der Waals surface area contributed by atoms with Gasteiger partial charge in [-0.25, -0.2) is 0 Å². The maximum atomic E-state index is 6.22. The summed E-state index contributed by atoms with van der Waals surface area (Å²) in [6.45, 7) is 2.08. The fraction of sp³-hybridized carbons (Fsp3) is 0.200. The number of benzene rings is 1. The molecule has 0 N–H and O–H groups in total. The summed E-state index contributed by atoms with van der Waals surface area (Å²) in [6, 6.07) is 9.46. The van der Waals surface area contributed by atoms with E-state index in [0.29, 0.717) is 10.3 Å². The Hall–Kier alpha value is -0.900. The van der Waals surface area contributed by atoms with Crippen LogP contribution in [-0.4, -0.2) is 10.3 Å². The summed E-state index contributed by atoms with van der Waals surface area (Å²) < 4.78 is 1.05. The van der Waals surface area contributed by atoms with Crippen molar-refractivity contribution in [3.05, 3.63) is 58.6 Å². The molecule has 2 unspecified atom stereocenters. The molecule has 5 heteroatoms. The SMILES string of the molecule is CC1C=C(Br)C=CC1/C(Cl)=N/N=C(\Cl)c1ccccc1. The van der Waals surface area contributed by atoms with E-state index in [1.54, 1.807) is 0 Å². The fourth-order valence-corrected chi connectivity index (χ4v) is 2.91. The third-order valence-corrected chi connectivity index (χ3v) is 4.12. The minimum atomic E-state index is 0.0296. The van der Waals surface area contributed by atoms with Crippen LogP contribution in [0.3, 0.4) is 0 Å². The number of hydrogen-bond acceptors (Lipinski definition) is 2. The van der Waals surface area contributed by atoms with Crippen LogP contribution >= 0.6 is 39.1 Å². The minimum Gasteiger partial charge on any atom is -0.141 e. The van der Waals surface area contributed by atoms with Gasteiger partial charge < -0.3 is 0 Å². The third-order valence-electron chi connectivity index (χ3n) is 2.97. The summed E-state index contributed by atoms with van der Waals surface area (Å²) >= 11 is 15.8. The molecule has 0 saturated carbocycles. The molecule has 0 aliphatic heterocycles. The van der Waals surface area contributed by atoms with Gasteiger partial charge in [0.25, 0.3) is 0 Å². The molecule has 2 atom stereocenters. The molecule has 104 valence electrons. The van der Waals surface area contributed by atoms with Crippen molar-refractivity contribution in [2.75, 3.05) is 0 Å². The standard InChI is InChI=1S/C15H13BrCl2N2/c1-10-9-12(16)7-8-13(10)15(18)20-19-14(17)11-5-3-2-4-6-11/h2-10,13H,1H3/b19-14-,20-15-. The van der Waals surface area contributed by atoms with Crippen LogP contribution in [0.25, 0.3) is 0 Å². The van der Waals surface area contributed by atoms with Crippen molar-refractivity contribution in [2.45, 2.75) is 6.92 Å². The van der Waals surface area contributed by atoms with Gasteiger partial charge in [0.05, 0.1) is 0 Å². The largest absolute Gasteiger partial charge is 0.158 e. The number of halogens is 3. The van der Waals surface area contributed by atoms with Gasteiger partial charge in [-0.2, -0.15) is 0 Å². The zero-order valence-electron chi connectivity index (χ0n) is 10.8. The Morgan fingerprint density at radius 1 is 1.15 bits per heavy atom. The predicted octanol–water partition coefficient (Wildman–Crippen LogP) is 5.33. The highest BCUT2D eigenvalue weighted by Gasteiger charge is 2.20. The minimum absolute atomic E-state index is 0.0296. The summed E-state index contributed by atoms with van der Waals surface area (Å²) in [4.78, 5) is 0. The molecule has 0 aromatic heterocycles. The van der Waals surface area contributed by atoms with Crippen LogP contribution in [0.15, 0.2) is 63.2 Å². The highest BCUT2D eigenvalue weighted by molar-refractivity contribution is 9.11. The normalized spacial score (nSPS) is 23.7. The molecule has 0 bridgehead atoms. The first-order valence-electron chi connectivity index (χ1n) is 6.15. The average Bonchev–Trinajstić information content (AvgIpc) is 2.45. The Bertz CT molecular complexity index is 591. The van der Waals surface area contributed by atoms with Crippen LogP contribution < -0.4 is 0 Å². The Kier molecular flexibility index (Phi) is 5.58. The van der Waals surface area contributed by atoms with Crippen molar-refractivity contribution in [3.8, 4) is 0 Å². The van der Waals surface area contributed by atoms with Crippen LogP contribution in [0.4, 0.5) is 0 Å². The van der Waals surface area contributed by atoms with Crippen LogP contribution in [-0.2, 0) is 0 Å². The van der Waals surface area contributed by atoms with Gasteiger partial charge >= 0.3 is 0 Å². The van der Waals surface area contributed by atoms with Crippen molar-refractivity contribution in [3.63, 3.8) is 0 Å². The highest BCUT2D eigenvalue weighted by atomic mass is 79.9. The van der Waals surface area contributed by atoms with Gasteiger partial charge in [0.2, 0.25) is 0 Å². The molecule has 1 aliphatic rings. The molecule has 0 spiro atoms. The summed E-state index contributed by atoms with van der Waals surface area (Å²) in [5, 5.41) is 8.79. The lowest BCUT2D eigenvalue weighted by Gasteiger charge is -2.19. The van der Waals surface area contributed by atoms with Crippen molar-refractivity contribution >= 4 is 49.5 Å². The molecule has 1 aliphatic carbocycles. The Labute approximate surface area is 137 Å². The van der Waals surface area contributed by atoms with Gasteiger partial charge in [0, 0.05) is 16.0 Å². The second-order valence-electron chi connectivity index (χ2n) is 4.48. The number of nitrogens with zero attached hydrogens (tertiary/aromatic N) is 2. The molecule has 0 heterocycles. The smallest absolute Gasteiger partial charge is 0.141 e. The van der Waals surface area contributed by atoms with Gasteiger partial charge in [-0.15, -0.1) is 10.2 Å². The van der Waals surface area contributed by atoms with E-state index in [1.165, 1.54) is 0 Å². The summed E-state index contributed by atoms with van der Waals surface area (Å²) in [5.41, 5.74) is 0.817. The molecule has 0 saturated heterocycles. The molecular formula is C15H13BrCl2N2. The quantitative estimate of drug-likeness (QED) is 0.507. The number of rotatable bonds is 3. The van der Waals surface area contributed by atoms with Crippen molar-refractivity contribution in [1.82, 2.24) is 0 Å². The molecule has 0 radical (unpaired) electrons. The number of hydrogen-bond donors (Lipinski definition) is 0. The van der Waals surface area contributed by atoms with Gasteiger partial charge in [0.15, 0.2) is 5.17 Å². The van der Waals surface area contributed by atoms with E-state index in [4.69, 9.17) is 23.2 Å². The molecule has 2 nitrogen and oxygen atoms in total. The van der Waals surface area contributed by atoms with E-state index in [-0.39, 0.29) is 11.8 Å². The van der Waals surface area contributed by atoms with E-state index in [2.05, 4.69) is 39.1 Å². The summed E-state index contributed by atoms with van der Waals surface area (Å²) in [6.07, 6.45) is 6.06. The van der Waals surface area contributed by atoms with Crippen molar-refractivity contribution in [1.29, 1.82) is 0 Å². The monoisotopic (exact) mass is 370 g/mol. The number of allylic oxidation sites excluding steroid dienone is 4. The molecule has 1 aromatic rings. The second kappa shape index (κ2) is 7.21. The van der Waals surface area contributed by atoms with Crippen LogP contribution in [0.1, 0.15) is 12.5 Å². The topological polar surface area (TPSA) is 24.7 Å². The molecule has 0 amide bonds. The molecular weight excluding hydrogens is 359 g/mol. The van der Waals surface area contributed by atoms with E-state index >= 15 is 0 Å². The van der Waals surface area contributed by atoms with Gasteiger partial charge in [-0.3, -0.25) is 0 Å². The first kappa shape index (κ1) is 15.5. The zero-order valence-corrected chi connectivity index (χ0v) is 13.9. The summed E-state index contributed by atoms with van der Waals surface area (Å²) in [5.74, 6) is 0.290. The van der Waals surface area contributed by atoms with Crippen molar-refractivity contribution in [2.24, 2.45) is 22.0 Å². The highest BCUT2D eigenvalue weighted by Crippen LogP contribution is 2.27. The first-order chi connectivity index (χ1) is 9.58. The first-order valence-corrected chi connectivity index (χ1v) is 7.70. The Morgan fingerprint density at radius 3 is 2.50 bits per heavy atom. The van der Waals surface area contributed by atoms with E-state index in [9.17, 15) is 0 Å². The summed E-state index contributed by atoms with van der Waals surface area (Å²) in [7, 11) is 0. The lowest BCUT2D eigenvalue weighted by Crippen LogP contribution is -2.16. The molecule has 20 heavy (non-hydrogen) atoms. The van der Waals surface area contributed by atoms with Crippen LogP contribution in [0.2, 0.25) is 0 Å². The fourth-order valence-electron chi connectivity index (χ4n) is 1.87. The second-order valence-corrected chi connectivity index (χ2v) is 6.14. The van der Waals surface area contributed by atoms with E-state index < -0.39 is 0 Å². The predicted molar refractivity (Wildman–Crippen MR) is 90.9 cm³/mol. The van der Waals surface area contributed by atoms with Gasteiger partial charge in [-0.05, 0) is 5.92 Å². The van der Waals surface area contributed by atoms with E-state index in [0.717, 1.165) is 10.0 Å². The average molecular weight is 372 g/mol. The van der Waals surface area contributed by atoms with Gasteiger partial charge in [0.1, 0.15) is 5.17 Å². The maximum absolute atomic E-state index is 6.22. The third kappa shape index (κ3) is 4.05. The van der Waals surface area contributed by atoms with Crippen molar-refractivity contribution < 1.29 is 0 Å². The Balaban J connectivity index is 2.14.